The first-order valence-corrected chi connectivity index (χ1v) is 9.67. The van der Waals surface area contributed by atoms with Crippen LogP contribution in [0.1, 0.15) is 43.0 Å². The number of nitrogens with two attached hydrogens (primary N) is 1. The predicted octanol–water partition coefficient (Wildman–Crippen LogP) is 3.97. The summed E-state index contributed by atoms with van der Waals surface area (Å²) < 4.78 is 1.89. The molecule has 6 nitrogen and oxygen atoms in total. The summed E-state index contributed by atoms with van der Waals surface area (Å²) in [7, 11) is 0. The Morgan fingerprint density at radius 2 is 1.93 bits per heavy atom. The summed E-state index contributed by atoms with van der Waals surface area (Å²) >= 11 is 0. The van der Waals surface area contributed by atoms with E-state index in [1.165, 1.54) is 0 Å². The van der Waals surface area contributed by atoms with Gasteiger partial charge in [-0.2, -0.15) is 0 Å². The van der Waals surface area contributed by atoms with E-state index in [0.29, 0.717) is 12.5 Å². The van der Waals surface area contributed by atoms with E-state index in [4.69, 9.17) is 5.73 Å². The number of fused-ring (bicyclic) bond motifs is 1. The molecule has 0 bridgehead atoms. The van der Waals surface area contributed by atoms with Crippen molar-refractivity contribution in [3.63, 3.8) is 0 Å². The minimum atomic E-state index is -0.404. The average molecular weight is 375 g/mol. The molecule has 0 aliphatic carbocycles. The van der Waals surface area contributed by atoms with Gasteiger partial charge in [-0.3, -0.25) is 4.68 Å². The summed E-state index contributed by atoms with van der Waals surface area (Å²) in [5.41, 5.74) is 10.8. The van der Waals surface area contributed by atoms with Gasteiger partial charge in [0.15, 0.2) is 0 Å². The molecule has 1 aromatic heterocycles. The third-order valence-electron chi connectivity index (χ3n) is 5.28. The number of nitrogens with zero attached hydrogens (tertiary/aromatic N) is 4. The number of carbonyl (C=O) groups excluding carboxylic acids is 1. The van der Waals surface area contributed by atoms with Gasteiger partial charge in [0.05, 0.1) is 12.2 Å². The van der Waals surface area contributed by atoms with Crippen LogP contribution in [0.2, 0.25) is 0 Å². The van der Waals surface area contributed by atoms with Crippen LogP contribution in [-0.2, 0) is 13.1 Å². The highest BCUT2D eigenvalue weighted by Crippen LogP contribution is 2.38. The van der Waals surface area contributed by atoms with E-state index in [-0.39, 0.29) is 6.04 Å². The normalized spacial score (nSPS) is 15.8. The Morgan fingerprint density at radius 3 is 2.64 bits per heavy atom. The molecule has 0 radical (unpaired) electrons. The van der Waals surface area contributed by atoms with E-state index in [1.807, 2.05) is 47.3 Å². The number of rotatable bonds is 5. The first-order chi connectivity index (χ1) is 13.5. The first-order valence-electron chi connectivity index (χ1n) is 9.67. The topological polar surface area (TPSA) is 77.0 Å². The van der Waals surface area contributed by atoms with Crippen molar-refractivity contribution in [2.24, 2.45) is 11.7 Å². The zero-order valence-electron chi connectivity index (χ0n) is 16.2. The van der Waals surface area contributed by atoms with E-state index >= 15 is 0 Å². The lowest BCUT2D eigenvalue weighted by Crippen LogP contribution is -2.34. The maximum Gasteiger partial charge on any atom is 0.315 e. The van der Waals surface area contributed by atoms with E-state index in [1.54, 1.807) is 4.90 Å². The molecule has 0 fully saturated rings. The Labute approximate surface area is 165 Å². The summed E-state index contributed by atoms with van der Waals surface area (Å²) in [6.07, 6.45) is 3.06. The number of hydrogen-bond donors (Lipinski definition) is 1. The smallest absolute Gasteiger partial charge is 0.315 e. The van der Waals surface area contributed by atoms with Gasteiger partial charge in [-0.1, -0.05) is 67.6 Å². The Hall–Kier alpha value is -3.15. The molecule has 6 heteroatoms. The Bertz CT molecular complexity index is 977. The van der Waals surface area contributed by atoms with Crippen molar-refractivity contribution < 1.29 is 4.79 Å². The lowest BCUT2D eigenvalue weighted by Gasteiger charge is -2.24. The lowest BCUT2D eigenvalue weighted by atomic mass is 9.97. The molecule has 1 aliphatic rings. The Morgan fingerprint density at radius 1 is 1.18 bits per heavy atom. The van der Waals surface area contributed by atoms with Gasteiger partial charge in [-0.15, -0.1) is 5.10 Å². The third kappa shape index (κ3) is 3.50. The number of urea groups is 1. The highest BCUT2D eigenvalue weighted by atomic mass is 16.2. The predicted molar refractivity (Wildman–Crippen MR) is 108 cm³/mol. The van der Waals surface area contributed by atoms with Crippen molar-refractivity contribution in [1.82, 2.24) is 19.9 Å². The van der Waals surface area contributed by atoms with Crippen LogP contribution in [0.3, 0.4) is 0 Å². The first kappa shape index (κ1) is 18.2. The van der Waals surface area contributed by atoms with Gasteiger partial charge >= 0.3 is 6.03 Å². The molecule has 4 rings (SSSR count). The van der Waals surface area contributed by atoms with Gasteiger partial charge in [0, 0.05) is 18.7 Å². The fraction of sp³-hybridized carbons (Fsp3) is 0.318. The van der Waals surface area contributed by atoms with Crippen molar-refractivity contribution in [2.45, 2.75) is 39.4 Å². The highest BCUT2D eigenvalue weighted by molar-refractivity contribution is 5.75. The molecule has 1 aliphatic heterocycles. The molecule has 0 spiro atoms. The maximum absolute atomic E-state index is 12.0. The molecule has 1 atom stereocenters. The van der Waals surface area contributed by atoms with Crippen molar-refractivity contribution in [1.29, 1.82) is 0 Å². The quantitative estimate of drug-likeness (QED) is 0.733. The largest absolute Gasteiger partial charge is 0.351 e. The number of amides is 2. The van der Waals surface area contributed by atoms with Gasteiger partial charge in [-0.25, -0.2) is 4.79 Å². The molecule has 2 amide bonds. The van der Waals surface area contributed by atoms with Crippen molar-refractivity contribution in [3.8, 4) is 11.3 Å². The molecule has 0 saturated carbocycles. The fourth-order valence-electron chi connectivity index (χ4n) is 3.72. The Kier molecular flexibility index (Phi) is 4.86. The molecule has 1 unspecified atom stereocenters. The number of hydrogen-bond acceptors (Lipinski definition) is 3. The van der Waals surface area contributed by atoms with Crippen LogP contribution in [0.5, 0.6) is 0 Å². The van der Waals surface area contributed by atoms with E-state index in [9.17, 15) is 4.79 Å². The monoisotopic (exact) mass is 375 g/mol. The number of benzene rings is 2. The second-order valence-corrected chi connectivity index (χ2v) is 7.74. The van der Waals surface area contributed by atoms with Gasteiger partial charge in [-0.05, 0) is 29.0 Å². The summed E-state index contributed by atoms with van der Waals surface area (Å²) in [6.45, 7) is 5.82. The second-order valence-electron chi connectivity index (χ2n) is 7.74. The van der Waals surface area contributed by atoms with Gasteiger partial charge < -0.3 is 10.6 Å². The minimum Gasteiger partial charge on any atom is -0.351 e. The summed E-state index contributed by atoms with van der Waals surface area (Å²) in [5, 5.41) is 8.53. The molecule has 28 heavy (non-hydrogen) atoms. The summed E-state index contributed by atoms with van der Waals surface area (Å²) in [5.74, 6) is 0.634. The minimum absolute atomic E-state index is 0.149. The average Bonchev–Trinajstić information content (AvgIpc) is 3.31. The van der Waals surface area contributed by atoms with E-state index in [2.05, 4.69) is 36.3 Å². The number of carbonyl (C=O) groups is 1. The van der Waals surface area contributed by atoms with Crippen LogP contribution in [0.15, 0.2) is 54.7 Å². The summed E-state index contributed by atoms with van der Waals surface area (Å²) in [6, 6.07) is 15.7. The van der Waals surface area contributed by atoms with Gasteiger partial charge in [0.2, 0.25) is 0 Å². The van der Waals surface area contributed by atoms with Gasteiger partial charge in [0.1, 0.15) is 5.69 Å². The molecule has 2 aromatic carbocycles. The lowest BCUT2D eigenvalue weighted by molar-refractivity contribution is 0.199. The van der Waals surface area contributed by atoms with Crippen LogP contribution in [0, 0.1) is 5.92 Å². The van der Waals surface area contributed by atoms with Crippen molar-refractivity contribution in [3.05, 3.63) is 71.4 Å². The van der Waals surface area contributed by atoms with Crippen LogP contribution in [-0.4, -0.2) is 25.9 Å². The number of primary amides is 1. The second kappa shape index (κ2) is 7.46. The summed E-state index contributed by atoms with van der Waals surface area (Å²) in [4.78, 5) is 13.7. The molecule has 2 heterocycles. The van der Waals surface area contributed by atoms with Crippen LogP contribution in [0.25, 0.3) is 11.3 Å². The van der Waals surface area contributed by atoms with Crippen LogP contribution < -0.4 is 5.73 Å². The van der Waals surface area contributed by atoms with E-state index in [0.717, 1.165) is 40.9 Å². The third-order valence-corrected chi connectivity index (χ3v) is 5.28. The van der Waals surface area contributed by atoms with Crippen molar-refractivity contribution in [2.75, 3.05) is 0 Å². The SMILES string of the molecule is CC(C)CCn1cc(-c2ccc(C3c4ccccc4CN3C(N)=O)cc2)nn1. The molecule has 144 valence electrons. The van der Waals surface area contributed by atoms with E-state index < -0.39 is 6.03 Å². The number of aryl methyl sites for hydroxylation is 1. The fourth-order valence-corrected chi connectivity index (χ4v) is 3.72. The molecule has 0 saturated heterocycles. The highest BCUT2D eigenvalue weighted by Gasteiger charge is 2.33. The Balaban J connectivity index is 1.58. The van der Waals surface area contributed by atoms with Crippen LogP contribution >= 0.6 is 0 Å². The van der Waals surface area contributed by atoms with Crippen molar-refractivity contribution >= 4 is 6.03 Å². The standard InChI is InChI=1S/C22H25N5O/c1-15(2)11-12-26-14-20(24-25-26)16-7-9-17(10-8-16)21-19-6-4-3-5-18(19)13-27(21)22(23)28/h3-10,14-15,21H,11-13H2,1-2H3,(H2,23,28). The molecular formula is C22H25N5O. The maximum atomic E-state index is 12.0. The van der Waals surface area contributed by atoms with Gasteiger partial charge in [0.25, 0.3) is 0 Å². The molecule has 3 aromatic rings. The zero-order valence-corrected chi connectivity index (χ0v) is 16.2. The number of aromatic nitrogens is 3. The molecular weight excluding hydrogens is 350 g/mol. The molecule has 2 N–H and O–H groups in total. The van der Waals surface area contributed by atoms with Crippen LogP contribution in [0.4, 0.5) is 4.79 Å². The zero-order chi connectivity index (χ0) is 19.7.